The lowest BCUT2D eigenvalue weighted by atomic mass is 9.57. The molecule has 2 heterocycles. The molecule has 1 aromatic heterocycles. The third-order valence-electron chi connectivity index (χ3n) is 5.55. The predicted molar refractivity (Wildman–Crippen MR) is 90.3 cm³/mol. The van der Waals surface area contributed by atoms with Gasteiger partial charge in [-0.1, -0.05) is 32.9 Å². The number of morpholine rings is 1. The zero-order valence-electron chi connectivity index (χ0n) is 15.0. The zero-order chi connectivity index (χ0) is 16.4. The van der Waals surface area contributed by atoms with Crippen LogP contribution in [0, 0.1) is 11.3 Å². The fraction of sp³-hybridized carbons (Fsp3) is 0.833. The van der Waals surface area contributed by atoms with Crippen molar-refractivity contribution in [3.63, 3.8) is 0 Å². The highest BCUT2D eigenvalue weighted by molar-refractivity contribution is 5.11. The van der Waals surface area contributed by atoms with Crippen molar-refractivity contribution in [2.75, 3.05) is 26.3 Å². The van der Waals surface area contributed by atoms with Gasteiger partial charge in [0.1, 0.15) is 0 Å². The zero-order valence-corrected chi connectivity index (χ0v) is 15.0. The molecule has 1 saturated heterocycles. The summed E-state index contributed by atoms with van der Waals surface area (Å²) in [4.78, 5) is 2.36. The number of nitrogens with one attached hydrogen (secondary N) is 1. The molecule has 3 rings (SSSR count). The maximum absolute atomic E-state index is 5.55. The summed E-state index contributed by atoms with van der Waals surface area (Å²) in [7, 11) is 0. The maximum atomic E-state index is 5.55. The van der Waals surface area contributed by atoms with E-state index in [1.807, 2.05) is 0 Å². The standard InChI is InChI=1S/C18H31N3O2/c1-13(2)19-17-10-14(18(17,3)4)9-15-11-16(23-20-15)12-21-5-7-22-8-6-21/h11,13-14,17,19H,5-10,12H2,1-4H3. The predicted octanol–water partition coefficient (Wildman–Crippen LogP) is 2.46. The van der Waals surface area contributed by atoms with Gasteiger partial charge in [0.15, 0.2) is 5.76 Å². The first-order valence-corrected chi connectivity index (χ1v) is 8.95. The number of rotatable bonds is 6. The van der Waals surface area contributed by atoms with Crippen molar-refractivity contribution in [3.05, 3.63) is 17.5 Å². The Morgan fingerprint density at radius 1 is 1.35 bits per heavy atom. The van der Waals surface area contributed by atoms with Crippen molar-refractivity contribution < 1.29 is 9.26 Å². The third kappa shape index (κ3) is 3.95. The van der Waals surface area contributed by atoms with Gasteiger partial charge in [-0.2, -0.15) is 0 Å². The Labute approximate surface area is 139 Å². The highest BCUT2D eigenvalue weighted by Gasteiger charge is 2.47. The lowest BCUT2D eigenvalue weighted by Gasteiger charge is -2.53. The first-order valence-electron chi connectivity index (χ1n) is 8.95. The highest BCUT2D eigenvalue weighted by Crippen LogP contribution is 2.47. The molecule has 2 aliphatic rings. The van der Waals surface area contributed by atoms with Crippen LogP contribution in [0.15, 0.2) is 10.6 Å². The fourth-order valence-electron chi connectivity index (χ4n) is 3.81. The van der Waals surface area contributed by atoms with Gasteiger partial charge in [0.25, 0.3) is 0 Å². The molecule has 2 unspecified atom stereocenters. The Bertz CT molecular complexity index is 506. The first kappa shape index (κ1) is 16.9. The molecule has 5 nitrogen and oxygen atoms in total. The van der Waals surface area contributed by atoms with Crippen molar-refractivity contribution in [2.24, 2.45) is 11.3 Å². The minimum Gasteiger partial charge on any atom is -0.379 e. The molecule has 130 valence electrons. The van der Waals surface area contributed by atoms with Gasteiger partial charge in [0, 0.05) is 31.2 Å². The molecule has 2 atom stereocenters. The summed E-state index contributed by atoms with van der Waals surface area (Å²) in [6.45, 7) is 13.6. The Kier molecular flexibility index (Phi) is 5.09. The van der Waals surface area contributed by atoms with Gasteiger partial charge in [-0.3, -0.25) is 4.90 Å². The minimum atomic E-state index is 0.327. The molecule has 23 heavy (non-hydrogen) atoms. The molecule has 0 radical (unpaired) electrons. The van der Waals surface area contributed by atoms with Crippen LogP contribution in [0.4, 0.5) is 0 Å². The lowest BCUT2D eigenvalue weighted by molar-refractivity contribution is 0.00898. The molecule has 2 fully saturated rings. The van der Waals surface area contributed by atoms with Crippen molar-refractivity contribution >= 4 is 0 Å². The molecule has 1 N–H and O–H groups in total. The molecular formula is C18H31N3O2. The van der Waals surface area contributed by atoms with E-state index in [9.17, 15) is 0 Å². The van der Waals surface area contributed by atoms with Gasteiger partial charge in [-0.25, -0.2) is 0 Å². The number of hydrogen-bond donors (Lipinski definition) is 1. The number of nitrogens with zero attached hydrogens (tertiary/aromatic N) is 2. The molecule has 0 aromatic carbocycles. The summed E-state index contributed by atoms with van der Waals surface area (Å²) in [5, 5.41) is 7.98. The Hall–Kier alpha value is -0.910. The quantitative estimate of drug-likeness (QED) is 0.872. The maximum Gasteiger partial charge on any atom is 0.150 e. The minimum absolute atomic E-state index is 0.327. The Morgan fingerprint density at radius 3 is 2.74 bits per heavy atom. The molecular weight excluding hydrogens is 290 g/mol. The highest BCUT2D eigenvalue weighted by atomic mass is 16.5. The molecule has 1 aliphatic carbocycles. The molecule has 5 heteroatoms. The van der Waals surface area contributed by atoms with E-state index in [1.165, 1.54) is 6.42 Å². The second-order valence-electron chi connectivity index (χ2n) is 8.01. The summed E-state index contributed by atoms with van der Waals surface area (Å²) in [6, 6.07) is 3.31. The summed E-state index contributed by atoms with van der Waals surface area (Å²) in [6.07, 6.45) is 2.26. The molecule has 0 amide bonds. The van der Waals surface area contributed by atoms with Gasteiger partial charge < -0.3 is 14.6 Å². The second kappa shape index (κ2) is 6.91. The summed E-state index contributed by atoms with van der Waals surface area (Å²) in [5.41, 5.74) is 1.43. The molecule has 1 aromatic rings. The Morgan fingerprint density at radius 2 is 2.09 bits per heavy atom. The third-order valence-corrected chi connectivity index (χ3v) is 5.55. The van der Waals surface area contributed by atoms with Crippen molar-refractivity contribution in [3.8, 4) is 0 Å². The topological polar surface area (TPSA) is 50.5 Å². The van der Waals surface area contributed by atoms with Crippen LogP contribution in [-0.4, -0.2) is 48.4 Å². The van der Waals surface area contributed by atoms with E-state index in [-0.39, 0.29) is 0 Å². The van der Waals surface area contributed by atoms with Crippen molar-refractivity contribution in [1.82, 2.24) is 15.4 Å². The normalized spacial score (nSPS) is 28.0. The number of ether oxygens (including phenoxy) is 1. The van der Waals surface area contributed by atoms with Crippen LogP contribution in [0.5, 0.6) is 0 Å². The summed E-state index contributed by atoms with van der Waals surface area (Å²) >= 11 is 0. The SMILES string of the molecule is CC(C)NC1CC(Cc2cc(CN3CCOCC3)on2)C1(C)C. The van der Waals surface area contributed by atoms with Crippen LogP contribution in [0.2, 0.25) is 0 Å². The Balaban J connectivity index is 1.51. The average molecular weight is 321 g/mol. The molecule has 0 bridgehead atoms. The fourth-order valence-corrected chi connectivity index (χ4v) is 3.81. The van der Waals surface area contributed by atoms with Crippen LogP contribution in [0.25, 0.3) is 0 Å². The number of aromatic nitrogens is 1. The lowest BCUT2D eigenvalue weighted by Crippen LogP contribution is -2.58. The van der Waals surface area contributed by atoms with E-state index in [4.69, 9.17) is 9.26 Å². The average Bonchev–Trinajstić information content (AvgIpc) is 2.94. The van der Waals surface area contributed by atoms with E-state index in [1.54, 1.807) is 0 Å². The van der Waals surface area contributed by atoms with Gasteiger partial charge in [-0.15, -0.1) is 0 Å². The number of hydrogen-bond acceptors (Lipinski definition) is 5. The van der Waals surface area contributed by atoms with Crippen LogP contribution in [-0.2, 0) is 17.7 Å². The van der Waals surface area contributed by atoms with E-state index in [0.29, 0.717) is 23.4 Å². The van der Waals surface area contributed by atoms with Gasteiger partial charge in [0.2, 0.25) is 0 Å². The van der Waals surface area contributed by atoms with Crippen LogP contribution in [0.1, 0.15) is 45.6 Å². The largest absolute Gasteiger partial charge is 0.379 e. The van der Waals surface area contributed by atoms with Crippen LogP contribution < -0.4 is 5.32 Å². The smallest absolute Gasteiger partial charge is 0.150 e. The first-order chi connectivity index (χ1) is 10.9. The molecule has 0 spiro atoms. The van der Waals surface area contributed by atoms with E-state index in [2.05, 4.69) is 49.1 Å². The van der Waals surface area contributed by atoms with Crippen molar-refractivity contribution in [1.29, 1.82) is 0 Å². The second-order valence-corrected chi connectivity index (χ2v) is 8.01. The van der Waals surface area contributed by atoms with E-state index < -0.39 is 0 Å². The van der Waals surface area contributed by atoms with E-state index in [0.717, 1.165) is 50.7 Å². The van der Waals surface area contributed by atoms with Crippen molar-refractivity contribution in [2.45, 2.75) is 59.2 Å². The molecule has 1 aliphatic heterocycles. The van der Waals surface area contributed by atoms with Crippen LogP contribution in [0.3, 0.4) is 0 Å². The summed E-state index contributed by atoms with van der Waals surface area (Å²) in [5.74, 6) is 1.66. The monoisotopic (exact) mass is 321 g/mol. The van der Waals surface area contributed by atoms with Gasteiger partial charge in [0.05, 0.1) is 25.5 Å². The van der Waals surface area contributed by atoms with Gasteiger partial charge >= 0.3 is 0 Å². The molecule has 1 saturated carbocycles. The summed E-state index contributed by atoms with van der Waals surface area (Å²) < 4.78 is 10.9. The van der Waals surface area contributed by atoms with E-state index >= 15 is 0 Å². The van der Waals surface area contributed by atoms with Gasteiger partial charge in [-0.05, 0) is 24.2 Å². The van der Waals surface area contributed by atoms with Crippen LogP contribution >= 0.6 is 0 Å².